The number of nitrogens with zero attached hydrogens (tertiary/aromatic N) is 4. The van der Waals surface area contributed by atoms with Crippen molar-refractivity contribution in [2.24, 2.45) is 0 Å². The van der Waals surface area contributed by atoms with Crippen LogP contribution in [-0.2, 0) is 0 Å². The molecule has 0 spiro atoms. The predicted molar refractivity (Wildman–Crippen MR) is 70.3 cm³/mol. The van der Waals surface area contributed by atoms with Gasteiger partial charge in [-0.15, -0.1) is 0 Å². The van der Waals surface area contributed by atoms with Gasteiger partial charge in [0.15, 0.2) is 16.6 Å². The zero-order chi connectivity index (χ0) is 12.9. The van der Waals surface area contributed by atoms with E-state index in [1.165, 1.54) is 4.52 Å². The number of hydrogen-bond donors (Lipinski definition) is 1. The smallest absolute Gasteiger partial charge is 0.224 e. The van der Waals surface area contributed by atoms with Gasteiger partial charge in [0.1, 0.15) is 10.2 Å². The minimum atomic E-state index is 0.129. The minimum Gasteiger partial charge on any atom is -0.458 e. The summed E-state index contributed by atoms with van der Waals surface area (Å²) in [6.07, 6.45) is 0. The van der Waals surface area contributed by atoms with E-state index in [-0.39, 0.29) is 5.95 Å². The van der Waals surface area contributed by atoms with Gasteiger partial charge in [-0.25, -0.2) is 0 Å². The Labute approximate surface area is 115 Å². The Morgan fingerprint density at radius 3 is 2.83 bits per heavy atom. The fourth-order valence-corrected chi connectivity index (χ4v) is 2.11. The Kier molecular flexibility index (Phi) is 2.53. The van der Waals surface area contributed by atoms with Crippen LogP contribution >= 0.6 is 27.5 Å². The number of anilines is 1. The highest BCUT2D eigenvalue weighted by molar-refractivity contribution is 9.10. The number of nitrogens with two attached hydrogens (primary N) is 1. The first-order chi connectivity index (χ1) is 8.56. The number of hydrogen-bond acceptors (Lipinski definition) is 5. The van der Waals surface area contributed by atoms with Crippen LogP contribution in [0.4, 0.5) is 5.95 Å². The van der Waals surface area contributed by atoms with Crippen LogP contribution in [0.15, 0.2) is 21.0 Å². The second-order valence-electron chi connectivity index (χ2n) is 3.66. The first-order valence-electron chi connectivity index (χ1n) is 5.00. The standard InChI is InChI=1S/C10H7BrClN5O/c1-4-2-3-5(18-4)8-14-10(13)15-9-6(11)7(12)16-17(8)9/h2-3H,1H3,(H2,13,15). The molecule has 3 heterocycles. The van der Waals surface area contributed by atoms with Gasteiger partial charge in [0.2, 0.25) is 11.8 Å². The van der Waals surface area contributed by atoms with Crippen molar-refractivity contribution in [2.75, 3.05) is 5.73 Å². The Morgan fingerprint density at radius 1 is 1.39 bits per heavy atom. The van der Waals surface area contributed by atoms with E-state index in [4.69, 9.17) is 21.8 Å². The first kappa shape index (κ1) is 11.5. The van der Waals surface area contributed by atoms with Crippen LogP contribution in [0, 0.1) is 6.92 Å². The molecule has 0 fully saturated rings. The normalized spacial score (nSPS) is 11.3. The van der Waals surface area contributed by atoms with Crippen LogP contribution in [0.1, 0.15) is 5.76 Å². The average Bonchev–Trinajstić information content (AvgIpc) is 2.86. The van der Waals surface area contributed by atoms with E-state index in [9.17, 15) is 0 Å². The van der Waals surface area contributed by atoms with Gasteiger partial charge >= 0.3 is 0 Å². The van der Waals surface area contributed by atoms with Gasteiger partial charge in [-0.1, -0.05) is 11.6 Å². The van der Waals surface area contributed by atoms with Gasteiger partial charge in [0, 0.05) is 0 Å². The van der Waals surface area contributed by atoms with Crippen molar-refractivity contribution >= 4 is 39.1 Å². The summed E-state index contributed by atoms with van der Waals surface area (Å²) in [4.78, 5) is 8.22. The van der Waals surface area contributed by atoms with Crippen molar-refractivity contribution in [1.82, 2.24) is 19.6 Å². The maximum atomic E-state index is 5.95. The Hall–Kier alpha value is -1.60. The van der Waals surface area contributed by atoms with Crippen LogP contribution in [0.5, 0.6) is 0 Å². The van der Waals surface area contributed by atoms with E-state index in [0.717, 1.165) is 5.76 Å². The Balaban J connectivity index is 2.38. The predicted octanol–water partition coefficient (Wildman–Crippen LogP) is 2.69. The average molecular weight is 329 g/mol. The minimum absolute atomic E-state index is 0.129. The topological polar surface area (TPSA) is 82.2 Å². The molecule has 0 radical (unpaired) electrons. The molecule has 6 nitrogen and oxygen atoms in total. The van der Waals surface area contributed by atoms with E-state index in [1.807, 2.05) is 13.0 Å². The molecule has 0 aliphatic carbocycles. The van der Waals surface area contributed by atoms with Gasteiger partial charge in [-0.05, 0) is 35.0 Å². The zero-order valence-electron chi connectivity index (χ0n) is 9.19. The molecule has 0 aliphatic rings. The maximum Gasteiger partial charge on any atom is 0.224 e. The molecule has 3 aromatic rings. The summed E-state index contributed by atoms with van der Waals surface area (Å²) < 4.78 is 7.58. The number of nitrogen functional groups attached to an aromatic ring is 1. The van der Waals surface area contributed by atoms with E-state index < -0.39 is 0 Å². The van der Waals surface area contributed by atoms with Crippen molar-refractivity contribution in [2.45, 2.75) is 6.92 Å². The number of furan rings is 1. The largest absolute Gasteiger partial charge is 0.458 e. The van der Waals surface area contributed by atoms with E-state index in [2.05, 4.69) is 31.0 Å². The highest BCUT2D eigenvalue weighted by atomic mass is 79.9. The van der Waals surface area contributed by atoms with E-state index in [0.29, 0.717) is 26.9 Å². The third-order valence-corrected chi connectivity index (χ3v) is 3.59. The summed E-state index contributed by atoms with van der Waals surface area (Å²) in [5.41, 5.74) is 6.17. The van der Waals surface area contributed by atoms with Gasteiger partial charge in [-0.2, -0.15) is 19.6 Å². The summed E-state index contributed by atoms with van der Waals surface area (Å²) >= 11 is 9.26. The lowest BCUT2D eigenvalue weighted by Gasteiger charge is -2.01. The molecule has 0 saturated carbocycles. The number of halogens is 2. The van der Waals surface area contributed by atoms with Crippen LogP contribution in [0.2, 0.25) is 5.15 Å². The zero-order valence-corrected chi connectivity index (χ0v) is 11.5. The van der Waals surface area contributed by atoms with E-state index >= 15 is 0 Å². The maximum absolute atomic E-state index is 5.95. The molecule has 3 rings (SSSR count). The number of fused-ring (bicyclic) bond motifs is 1. The summed E-state index contributed by atoms with van der Waals surface area (Å²) in [5, 5.41) is 4.43. The van der Waals surface area contributed by atoms with E-state index in [1.54, 1.807) is 6.07 Å². The summed E-state index contributed by atoms with van der Waals surface area (Å²) in [6.45, 7) is 1.84. The van der Waals surface area contributed by atoms with Crippen LogP contribution in [0.25, 0.3) is 17.2 Å². The highest BCUT2D eigenvalue weighted by Crippen LogP contribution is 2.29. The lowest BCUT2D eigenvalue weighted by molar-refractivity contribution is 0.541. The monoisotopic (exact) mass is 327 g/mol. The summed E-state index contributed by atoms with van der Waals surface area (Å²) in [6, 6.07) is 3.62. The molecule has 0 unspecified atom stereocenters. The molecule has 0 aromatic carbocycles. The van der Waals surface area contributed by atoms with Crippen LogP contribution in [-0.4, -0.2) is 19.6 Å². The molecule has 2 N–H and O–H groups in total. The molecular formula is C10H7BrClN5O. The summed E-state index contributed by atoms with van der Waals surface area (Å²) in [5.74, 6) is 1.91. The molecule has 0 atom stereocenters. The molecule has 8 heteroatoms. The van der Waals surface area contributed by atoms with Crippen molar-refractivity contribution < 1.29 is 4.42 Å². The van der Waals surface area contributed by atoms with Gasteiger partial charge in [-0.3, -0.25) is 0 Å². The molecule has 0 amide bonds. The van der Waals surface area contributed by atoms with Crippen molar-refractivity contribution in [3.63, 3.8) is 0 Å². The fraction of sp³-hybridized carbons (Fsp3) is 0.100. The van der Waals surface area contributed by atoms with Gasteiger partial charge in [0.05, 0.1) is 0 Å². The molecule has 18 heavy (non-hydrogen) atoms. The second kappa shape index (κ2) is 3.96. The second-order valence-corrected chi connectivity index (χ2v) is 4.81. The lowest BCUT2D eigenvalue weighted by Crippen LogP contribution is -2.04. The Bertz CT molecular complexity index is 750. The SMILES string of the molecule is Cc1ccc(-c2nc(N)nc3c(Br)c(Cl)nn23)o1. The molecule has 0 aliphatic heterocycles. The third-order valence-electron chi connectivity index (χ3n) is 2.37. The number of rotatable bonds is 1. The van der Waals surface area contributed by atoms with Crippen molar-refractivity contribution in [3.05, 3.63) is 27.5 Å². The van der Waals surface area contributed by atoms with Crippen molar-refractivity contribution in [1.29, 1.82) is 0 Å². The van der Waals surface area contributed by atoms with Crippen LogP contribution in [0.3, 0.4) is 0 Å². The third kappa shape index (κ3) is 1.67. The molecule has 0 bridgehead atoms. The summed E-state index contributed by atoms with van der Waals surface area (Å²) in [7, 11) is 0. The first-order valence-corrected chi connectivity index (χ1v) is 6.17. The molecule has 3 aromatic heterocycles. The highest BCUT2D eigenvalue weighted by Gasteiger charge is 2.17. The van der Waals surface area contributed by atoms with Gasteiger partial charge in [0.25, 0.3) is 0 Å². The number of aromatic nitrogens is 4. The van der Waals surface area contributed by atoms with Crippen LogP contribution < -0.4 is 5.73 Å². The number of aryl methyl sites for hydroxylation is 1. The molecule has 0 saturated heterocycles. The van der Waals surface area contributed by atoms with Crippen molar-refractivity contribution in [3.8, 4) is 11.6 Å². The van der Waals surface area contributed by atoms with Gasteiger partial charge < -0.3 is 10.2 Å². The molecule has 92 valence electrons. The fourth-order valence-electron chi connectivity index (χ4n) is 1.61. The Morgan fingerprint density at radius 2 is 2.17 bits per heavy atom. The molecular weight excluding hydrogens is 322 g/mol. The quantitative estimate of drug-likeness (QED) is 0.742. The lowest BCUT2D eigenvalue weighted by atomic mass is 10.4.